The van der Waals surface area contributed by atoms with E-state index in [4.69, 9.17) is 35.4 Å². The van der Waals surface area contributed by atoms with Crippen molar-refractivity contribution < 1.29 is 62.5 Å². The molecule has 3 N–H and O–H groups in total. The van der Waals surface area contributed by atoms with Crippen molar-refractivity contribution in [3.8, 4) is 0 Å². The Morgan fingerprint density at radius 2 is 1.74 bits per heavy atom. The van der Waals surface area contributed by atoms with Crippen LogP contribution in [0.5, 0.6) is 0 Å². The van der Waals surface area contributed by atoms with Crippen molar-refractivity contribution in [2.45, 2.75) is 161 Å². The van der Waals surface area contributed by atoms with Crippen molar-refractivity contribution in [1.82, 2.24) is 10.2 Å². The molecule has 1 saturated heterocycles. The number of aliphatic hydroxyl groups is 1. The van der Waals surface area contributed by atoms with Gasteiger partial charge in [-0.25, -0.2) is 24.3 Å². The molecule has 3 fully saturated rings. The molecule has 0 aromatic heterocycles. The molecule has 0 radical (unpaired) electrons. The quantitative estimate of drug-likeness (QED) is 0.0971. The molecule has 2 aliphatic heterocycles. The number of carbonyl (C=O) groups excluding carboxylic acids is 4. The molecule has 2 heterocycles. The molecule has 2 saturated carbocycles. The molecule has 17 heteroatoms. The van der Waals surface area contributed by atoms with Crippen molar-refractivity contribution in [2.24, 2.45) is 23.7 Å². The number of nitrogens with one attached hydrogen (secondary N) is 1. The number of likely N-dealkylation sites (tertiary alicyclic amines) is 1. The molecule has 1 aromatic carbocycles. The third-order valence-electron chi connectivity index (χ3n) is 13.8. The first kappa shape index (κ1) is 47.4. The lowest BCUT2D eigenvalue weighted by molar-refractivity contribution is -0.953. The number of para-hydroxylation sites is 1. The molecule has 3 unspecified atom stereocenters. The molecule has 3 amide bonds. The number of quaternary nitrogens is 1. The van der Waals surface area contributed by atoms with E-state index in [1.165, 1.54) is 12.0 Å². The number of hydrogen-bond acceptors (Lipinski definition) is 12. The molecule has 11 atom stereocenters. The van der Waals surface area contributed by atoms with Crippen molar-refractivity contribution in [3.63, 3.8) is 0 Å². The maximum Gasteiger partial charge on any atom is 0.517 e. The fraction of sp³-hybridized carbons (Fsp3) is 0.711. The van der Waals surface area contributed by atoms with Gasteiger partial charge >= 0.3 is 30.2 Å². The van der Waals surface area contributed by atoms with Crippen LogP contribution in [0.15, 0.2) is 29.8 Å². The number of urea groups is 1. The lowest BCUT2D eigenvalue weighted by Crippen LogP contribution is -2.75. The fourth-order valence-corrected chi connectivity index (χ4v) is 11.2. The maximum absolute atomic E-state index is 15.5. The number of halogens is 1. The van der Waals surface area contributed by atoms with Crippen LogP contribution in [-0.4, -0.2) is 117 Å². The van der Waals surface area contributed by atoms with Crippen LogP contribution >= 0.6 is 11.6 Å². The van der Waals surface area contributed by atoms with Crippen molar-refractivity contribution in [3.05, 3.63) is 40.4 Å². The van der Waals surface area contributed by atoms with E-state index in [2.05, 4.69) is 12.2 Å². The zero-order chi connectivity index (χ0) is 46.1. The second kappa shape index (κ2) is 16.8. The molecule has 344 valence electrons. The summed E-state index contributed by atoms with van der Waals surface area (Å²) in [6.07, 6.45) is -2.43. The third-order valence-corrected chi connectivity index (χ3v) is 14.1. The van der Waals surface area contributed by atoms with Crippen LogP contribution in [0.4, 0.5) is 20.1 Å². The number of amides is 3. The maximum atomic E-state index is 15.5. The van der Waals surface area contributed by atoms with Crippen molar-refractivity contribution in [2.75, 3.05) is 25.2 Å². The summed E-state index contributed by atoms with van der Waals surface area (Å²) < 4.78 is 23.3. The van der Waals surface area contributed by atoms with Gasteiger partial charge in [0, 0.05) is 44.6 Å². The Labute approximate surface area is 369 Å². The van der Waals surface area contributed by atoms with Crippen molar-refractivity contribution in [1.29, 1.82) is 0 Å². The fourth-order valence-electron chi connectivity index (χ4n) is 10.9. The third kappa shape index (κ3) is 8.02. The number of fused-ring (bicyclic) bond motifs is 4. The summed E-state index contributed by atoms with van der Waals surface area (Å²) in [6, 6.07) is 3.24. The Bertz CT molecular complexity index is 1980. The molecular weight excluding hydrogens is 824 g/mol. The SMILES string of the molecule is CCNC(=O)N(CC(C)[C@@H]1CC[C@@H](C)[C@@]2(O)[C@@H]1C=C(C)C(OC(C)=O)[C@@H]2OC(=O)[C@@H]1C[C@@]2(OC(=O)OC(C)(C)C)c3cccc(Cl)c3N(C)O[C@H]2[N+]1(C(=O)O)C(C)(C)C)C1CC1. The number of rotatable bonds is 9. The van der Waals surface area contributed by atoms with E-state index in [0.29, 0.717) is 37.2 Å². The van der Waals surface area contributed by atoms with Crippen LogP contribution in [-0.2, 0) is 39.0 Å². The molecule has 1 aromatic rings. The minimum Gasteiger partial charge on any atom is -0.454 e. The zero-order valence-electron chi connectivity index (χ0n) is 38.2. The van der Waals surface area contributed by atoms with E-state index in [1.54, 1.807) is 73.7 Å². The van der Waals surface area contributed by atoms with Crippen LogP contribution in [0, 0.1) is 23.7 Å². The summed E-state index contributed by atoms with van der Waals surface area (Å²) in [4.78, 5) is 77.9. The Hall–Kier alpha value is -4.12. The van der Waals surface area contributed by atoms with E-state index in [-0.39, 0.29) is 34.5 Å². The number of benzene rings is 1. The highest BCUT2D eigenvalue weighted by molar-refractivity contribution is 6.33. The standard InChI is InChI=1S/C45H65ClN4O12/c1-13-47-39(53)49(28-18-19-28)23-25(3)29-20-17-26(4)45(57)31(29)21-24(2)35(58-27(5)51)36(45)59-37(52)33-22-44(61-41(56)60-43(9,10)11)30-15-14-16-32(46)34(30)48(12)62-38(44)50(33,40(54)55)42(6,7)8/h14-16,21,25-26,28-29,31,33,35-36,38,57H,13,17-20,22-23H2,1-12H3,(H-,47,53,54,55)/p+1/t25?,26-,29+,31-,33+,35?,36+,38-,44-,45-,50?/m1/s1. The Morgan fingerprint density at radius 3 is 2.31 bits per heavy atom. The highest BCUT2D eigenvalue weighted by atomic mass is 35.5. The Morgan fingerprint density at radius 1 is 1.08 bits per heavy atom. The summed E-state index contributed by atoms with van der Waals surface area (Å²) in [7, 11) is 1.55. The molecule has 0 spiro atoms. The lowest BCUT2D eigenvalue weighted by atomic mass is 9.55. The summed E-state index contributed by atoms with van der Waals surface area (Å²) >= 11 is 6.76. The van der Waals surface area contributed by atoms with Gasteiger partial charge in [-0.15, -0.1) is 0 Å². The minimum absolute atomic E-state index is 0.103. The van der Waals surface area contributed by atoms with Gasteiger partial charge in [0.25, 0.3) is 6.23 Å². The van der Waals surface area contributed by atoms with Crippen LogP contribution in [0.1, 0.15) is 114 Å². The van der Waals surface area contributed by atoms with Crippen molar-refractivity contribution >= 4 is 47.5 Å². The van der Waals surface area contributed by atoms with E-state index in [0.717, 1.165) is 12.8 Å². The van der Waals surface area contributed by atoms with Gasteiger partial charge in [-0.2, -0.15) is 9.28 Å². The average Bonchev–Trinajstić information content (AvgIpc) is 3.94. The van der Waals surface area contributed by atoms with E-state index < -0.39 is 93.7 Å². The predicted octanol–water partition coefficient (Wildman–Crippen LogP) is 7.29. The number of hydrogen-bond donors (Lipinski definition) is 3. The smallest absolute Gasteiger partial charge is 0.454 e. The number of anilines is 1. The molecule has 16 nitrogen and oxygen atoms in total. The number of carbonyl (C=O) groups is 5. The Balaban J connectivity index is 1.47. The molecule has 3 aliphatic carbocycles. The summed E-state index contributed by atoms with van der Waals surface area (Å²) in [6.45, 7) is 19.6. The van der Waals surface area contributed by atoms with Gasteiger partial charge in [-0.1, -0.05) is 43.7 Å². The minimum atomic E-state index is -1.99. The summed E-state index contributed by atoms with van der Waals surface area (Å²) in [5, 5.41) is 29.3. The first-order chi connectivity index (χ1) is 28.8. The van der Waals surface area contributed by atoms with Crippen LogP contribution < -0.4 is 10.4 Å². The van der Waals surface area contributed by atoms with E-state index >= 15 is 4.79 Å². The van der Waals surface area contributed by atoms with Crippen LogP contribution in [0.2, 0.25) is 5.02 Å². The highest BCUT2D eigenvalue weighted by Gasteiger charge is 2.79. The van der Waals surface area contributed by atoms with Gasteiger partial charge in [0.15, 0.2) is 12.2 Å². The van der Waals surface area contributed by atoms with Gasteiger partial charge < -0.3 is 39.4 Å². The summed E-state index contributed by atoms with van der Waals surface area (Å²) in [5.41, 5.74) is -5.03. The van der Waals surface area contributed by atoms with Crippen LogP contribution in [0.3, 0.4) is 0 Å². The number of ether oxygens (including phenoxy) is 4. The lowest BCUT2D eigenvalue weighted by Gasteiger charge is -2.56. The van der Waals surface area contributed by atoms with Gasteiger partial charge in [-0.05, 0) is 110 Å². The number of nitrogens with zero attached hydrogens (tertiary/aromatic N) is 3. The molecule has 6 rings (SSSR count). The van der Waals surface area contributed by atoms with Gasteiger partial charge in [0.2, 0.25) is 11.6 Å². The Kier molecular flexibility index (Phi) is 12.8. The monoisotopic (exact) mass is 889 g/mol. The van der Waals surface area contributed by atoms with E-state index in [1.807, 2.05) is 24.8 Å². The average molecular weight is 890 g/mol. The highest BCUT2D eigenvalue weighted by Crippen LogP contribution is 2.60. The van der Waals surface area contributed by atoms with Gasteiger partial charge in [-0.3, -0.25) is 4.79 Å². The number of hydroxylamine groups is 1. The molecule has 0 bridgehead atoms. The molecule has 62 heavy (non-hydrogen) atoms. The molecular formula is C45H66ClN4O12+. The van der Waals surface area contributed by atoms with Gasteiger partial charge in [0.1, 0.15) is 16.7 Å². The topological polar surface area (TPSA) is 190 Å². The first-order valence-corrected chi connectivity index (χ1v) is 22.2. The number of esters is 2. The normalized spacial score (nSPS) is 33.4. The van der Waals surface area contributed by atoms with E-state index in [9.17, 15) is 29.4 Å². The second-order valence-electron chi connectivity index (χ2n) is 20.0. The van der Waals surface area contributed by atoms with Gasteiger partial charge in [0.05, 0.1) is 17.1 Å². The predicted molar refractivity (Wildman–Crippen MR) is 228 cm³/mol. The largest absolute Gasteiger partial charge is 0.517 e. The molecule has 5 aliphatic rings. The first-order valence-electron chi connectivity index (χ1n) is 21.8. The summed E-state index contributed by atoms with van der Waals surface area (Å²) in [5.74, 6) is -3.10. The second-order valence-corrected chi connectivity index (χ2v) is 20.5. The number of carboxylic acid groups (broad SMARTS) is 1. The zero-order valence-corrected chi connectivity index (χ0v) is 38.9. The van der Waals surface area contributed by atoms with Crippen LogP contribution in [0.25, 0.3) is 0 Å².